The van der Waals surface area contributed by atoms with E-state index in [-0.39, 0.29) is 12.5 Å². The summed E-state index contributed by atoms with van der Waals surface area (Å²) in [5, 5.41) is 15.2. The lowest BCUT2D eigenvalue weighted by molar-refractivity contribution is 0.0899. The zero-order valence-electron chi connectivity index (χ0n) is 10.9. The number of carbonyl (C=O) groups is 1. The van der Waals surface area contributed by atoms with E-state index >= 15 is 0 Å². The molecule has 0 fully saturated rings. The average Bonchev–Trinajstić information content (AvgIpc) is 2.74. The number of aliphatic hydroxyl groups is 1. The zero-order valence-corrected chi connectivity index (χ0v) is 10.9. The molecule has 1 aliphatic rings. The van der Waals surface area contributed by atoms with E-state index in [1.54, 1.807) is 0 Å². The quantitative estimate of drug-likeness (QED) is 0.757. The molecule has 0 spiro atoms. The van der Waals surface area contributed by atoms with Crippen LogP contribution >= 0.6 is 0 Å². The Labute approximate surface area is 107 Å². The fraction of sp³-hybridized carbons (Fsp3) is 0.500. The molecule has 1 aliphatic heterocycles. The molecule has 0 radical (unpaired) electrons. The van der Waals surface area contributed by atoms with Crippen molar-refractivity contribution in [3.8, 4) is 0 Å². The summed E-state index contributed by atoms with van der Waals surface area (Å²) in [5.74, 6) is -0.0926. The lowest BCUT2D eigenvalue weighted by atomic mass is 10.00. The van der Waals surface area contributed by atoms with E-state index in [1.165, 1.54) is 5.56 Å². The third-order valence-electron chi connectivity index (χ3n) is 3.27. The first kappa shape index (κ1) is 12.9. The summed E-state index contributed by atoms with van der Waals surface area (Å²) in [6.45, 7) is 4.83. The standard InChI is InChI=1S/C14H20N2O2/c1-14(2,6-8-17)16-13(18)11-4-3-10-5-7-15-12(10)9-11/h3-4,9,15,17H,5-8H2,1-2H3,(H,16,18). The van der Waals surface area contributed by atoms with Gasteiger partial charge in [-0.1, -0.05) is 6.07 Å². The van der Waals surface area contributed by atoms with E-state index in [0.717, 1.165) is 18.7 Å². The fourth-order valence-corrected chi connectivity index (χ4v) is 2.15. The molecular weight excluding hydrogens is 228 g/mol. The van der Waals surface area contributed by atoms with E-state index < -0.39 is 5.54 Å². The molecule has 0 aromatic heterocycles. The smallest absolute Gasteiger partial charge is 0.251 e. The van der Waals surface area contributed by atoms with Crippen molar-refractivity contribution in [1.82, 2.24) is 5.32 Å². The molecule has 98 valence electrons. The van der Waals surface area contributed by atoms with Crippen LogP contribution in [0, 0.1) is 0 Å². The SMILES string of the molecule is CC(C)(CCO)NC(=O)c1ccc2c(c1)NCC2. The van der Waals surface area contributed by atoms with Crippen LogP contribution in [-0.4, -0.2) is 29.7 Å². The number of rotatable bonds is 4. The Kier molecular flexibility index (Phi) is 3.57. The summed E-state index contributed by atoms with van der Waals surface area (Å²) in [4.78, 5) is 12.1. The van der Waals surface area contributed by atoms with Gasteiger partial charge < -0.3 is 15.7 Å². The van der Waals surface area contributed by atoms with E-state index in [2.05, 4.69) is 10.6 Å². The summed E-state index contributed by atoms with van der Waals surface area (Å²) in [7, 11) is 0. The first-order valence-corrected chi connectivity index (χ1v) is 6.32. The van der Waals surface area contributed by atoms with E-state index in [0.29, 0.717) is 12.0 Å². The molecule has 18 heavy (non-hydrogen) atoms. The summed E-state index contributed by atoms with van der Waals surface area (Å²) in [6.07, 6.45) is 1.56. The summed E-state index contributed by atoms with van der Waals surface area (Å²) in [5.41, 5.74) is 2.59. The van der Waals surface area contributed by atoms with Gasteiger partial charge in [-0.3, -0.25) is 4.79 Å². The van der Waals surface area contributed by atoms with Crippen molar-refractivity contribution >= 4 is 11.6 Å². The molecule has 4 nitrogen and oxygen atoms in total. The van der Waals surface area contributed by atoms with Crippen molar-refractivity contribution in [2.75, 3.05) is 18.5 Å². The molecule has 1 aromatic carbocycles. The molecule has 0 bridgehead atoms. The van der Waals surface area contributed by atoms with Crippen LogP contribution in [-0.2, 0) is 6.42 Å². The van der Waals surface area contributed by atoms with Gasteiger partial charge in [-0.15, -0.1) is 0 Å². The number of nitrogens with one attached hydrogen (secondary N) is 2. The van der Waals surface area contributed by atoms with Crippen LogP contribution in [0.3, 0.4) is 0 Å². The van der Waals surface area contributed by atoms with Crippen LogP contribution in [0.2, 0.25) is 0 Å². The highest BCUT2D eigenvalue weighted by Crippen LogP contribution is 2.23. The topological polar surface area (TPSA) is 61.4 Å². The molecule has 0 aliphatic carbocycles. The van der Waals surface area contributed by atoms with Gasteiger partial charge in [0.15, 0.2) is 0 Å². The summed E-state index contributed by atoms with van der Waals surface area (Å²) >= 11 is 0. The highest BCUT2D eigenvalue weighted by Gasteiger charge is 2.21. The summed E-state index contributed by atoms with van der Waals surface area (Å²) < 4.78 is 0. The van der Waals surface area contributed by atoms with E-state index in [9.17, 15) is 4.79 Å². The number of anilines is 1. The monoisotopic (exact) mass is 248 g/mol. The highest BCUT2D eigenvalue weighted by atomic mass is 16.3. The molecule has 4 heteroatoms. The van der Waals surface area contributed by atoms with Gasteiger partial charge in [0, 0.05) is 29.9 Å². The Morgan fingerprint density at radius 3 is 3.00 bits per heavy atom. The van der Waals surface area contributed by atoms with Gasteiger partial charge >= 0.3 is 0 Å². The predicted molar refractivity (Wildman–Crippen MR) is 71.9 cm³/mol. The predicted octanol–water partition coefficient (Wildman–Crippen LogP) is 1.55. The van der Waals surface area contributed by atoms with Crippen molar-refractivity contribution in [3.63, 3.8) is 0 Å². The van der Waals surface area contributed by atoms with Gasteiger partial charge in [0.05, 0.1) is 0 Å². The normalized spacial score (nSPS) is 13.9. The second-order valence-corrected chi connectivity index (χ2v) is 5.36. The number of carbonyl (C=O) groups excluding carboxylic acids is 1. The van der Waals surface area contributed by atoms with Crippen molar-refractivity contribution < 1.29 is 9.90 Å². The Hall–Kier alpha value is -1.55. The molecular formula is C14H20N2O2. The number of benzene rings is 1. The maximum Gasteiger partial charge on any atom is 0.251 e. The molecule has 1 aromatic rings. The van der Waals surface area contributed by atoms with Gasteiger partial charge in [0.2, 0.25) is 0 Å². The Bertz CT molecular complexity index is 455. The first-order valence-electron chi connectivity index (χ1n) is 6.32. The Morgan fingerprint density at radius 2 is 2.28 bits per heavy atom. The van der Waals surface area contributed by atoms with Crippen LogP contribution in [0.15, 0.2) is 18.2 Å². The third-order valence-corrected chi connectivity index (χ3v) is 3.27. The van der Waals surface area contributed by atoms with Crippen LogP contribution in [0.25, 0.3) is 0 Å². The molecule has 0 unspecified atom stereocenters. The largest absolute Gasteiger partial charge is 0.396 e. The Morgan fingerprint density at radius 1 is 1.50 bits per heavy atom. The van der Waals surface area contributed by atoms with Crippen molar-refractivity contribution in [2.45, 2.75) is 32.2 Å². The van der Waals surface area contributed by atoms with Crippen LogP contribution in [0.4, 0.5) is 5.69 Å². The highest BCUT2D eigenvalue weighted by molar-refractivity contribution is 5.95. The van der Waals surface area contributed by atoms with Crippen LogP contribution in [0.1, 0.15) is 36.2 Å². The van der Waals surface area contributed by atoms with Crippen molar-refractivity contribution in [3.05, 3.63) is 29.3 Å². The third kappa shape index (κ3) is 2.82. The lowest BCUT2D eigenvalue weighted by Crippen LogP contribution is -2.44. The van der Waals surface area contributed by atoms with Gasteiger partial charge in [-0.25, -0.2) is 0 Å². The second-order valence-electron chi connectivity index (χ2n) is 5.36. The van der Waals surface area contributed by atoms with Gasteiger partial charge in [0.25, 0.3) is 5.91 Å². The lowest BCUT2D eigenvalue weighted by Gasteiger charge is -2.25. The van der Waals surface area contributed by atoms with Crippen LogP contribution < -0.4 is 10.6 Å². The van der Waals surface area contributed by atoms with Gasteiger partial charge in [0.1, 0.15) is 0 Å². The zero-order chi connectivity index (χ0) is 13.2. The first-order chi connectivity index (χ1) is 8.52. The van der Waals surface area contributed by atoms with E-state index in [1.807, 2.05) is 32.0 Å². The second kappa shape index (κ2) is 4.98. The Balaban J connectivity index is 2.10. The maximum absolute atomic E-state index is 12.1. The summed E-state index contributed by atoms with van der Waals surface area (Å²) in [6, 6.07) is 5.76. The number of hydrogen-bond donors (Lipinski definition) is 3. The molecule has 0 saturated carbocycles. The number of aliphatic hydroxyl groups excluding tert-OH is 1. The maximum atomic E-state index is 12.1. The molecule has 0 atom stereocenters. The minimum atomic E-state index is -0.391. The van der Waals surface area contributed by atoms with Gasteiger partial charge in [-0.05, 0) is 44.4 Å². The minimum absolute atomic E-state index is 0.0685. The van der Waals surface area contributed by atoms with Crippen LogP contribution in [0.5, 0.6) is 0 Å². The fourth-order valence-electron chi connectivity index (χ4n) is 2.15. The van der Waals surface area contributed by atoms with Gasteiger partial charge in [-0.2, -0.15) is 0 Å². The van der Waals surface area contributed by atoms with Crippen molar-refractivity contribution in [1.29, 1.82) is 0 Å². The number of amides is 1. The molecule has 1 amide bonds. The number of fused-ring (bicyclic) bond motifs is 1. The average molecular weight is 248 g/mol. The molecule has 0 saturated heterocycles. The molecule has 2 rings (SSSR count). The molecule has 1 heterocycles. The van der Waals surface area contributed by atoms with E-state index in [4.69, 9.17) is 5.11 Å². The van der Waals surface area contributed by atoms with Crippen molar-refractivity contribution in [2.24, 2.45) is 0 Å². The minimum Gasteiger partial charge on any atom is -0.396 e. The molecule has 3 N–H and O–H groups in total. The number of hydrogen-bond acceptors (Lipinski definition) is 3.